The molecule has 1 rings (SSSR count). The van der Waals surface area contributed by atoms with E-state index in [-0.39, 0.29) is 0 Å². The largest absolute Gasteiger partial charge is 0.359 e. The zero-order valence-corrected chi connectivity index (χ0v) is 10.4. The Kier molecular flexibility index (Phi) is 3.53. The van der Waals surface area contributed by atoms with Gasteiger partial charge in [0.1, 0.15) is 0 Å². The first kappa shape index (κ1) is 10.8. The summed E-state index contributed by atoms with van der Waals surface area (Å²) in [5.74, 6) is 1.25. The maximum absolute atomic E-state index is 4.39. The Balaban J connectivity index is 2.17. The molecule has 0 unspecified atom stereocenters. The standard InChI is InChI=1S/C10H22N2Si/c1-10-11-6-8-12(10)7-5-9-13(2,3)4/h5-9H2,1-4H3. The molecule has 2 nitrogen and oxygen atoms in total. The molecule has 1 aliphatic heterocycles. The number of nitrogens with zero attached hydrogens (tertiary/aromatic N) is 2. The van der Waals surface area contributed by atoms with E-state index in [4.69, 9.17) is 0 Å². The lowest BCUT2D eigenvalue weighted by Crippen LogP contribution is -2.29. The molecule has 0 aromatic rings. The number of hydrogen-bond donors (Lipinski definition) is 0. The summed E-state index contributed by atoms with van der Waals surface area (Å²) in [6.45, 7) is 12.8. The van der Waals surface area contributed by atoms with Gasteiger partial charge in [-0.05, 0) is 13.3 Å². The molecule has 1 aliphatic rings. The highest BCUT2D eigenvalue weighted by Gasteiger charge is 2.15. The second-order valence-corrected chi connectivity index (χ2v) is 10.7. The van der Waals surface area contributed by atoms with Gasteiger partial charge in [0.25, 0.3) is 0 Å². The van der Waals surface area contributed by atoms with Crippen LogP contribution >= 0.6 is 0 Å². The summed E-state index contributed by atoms with van der Waals surface area (Å²) >= 11 is 0. The Morgan fingerprint density at radius 3 is 2.54 bits per heavy atom. The maximum atomic E-state index is 4.39. The molecule has 0 saturated carbocycles. The maximum Gasteiger partial charge on any atom is 0.0958 e. The third-order valence-corrected chi connectivity index (χ3v) is 4.38. The number of amidine groups is 1. The second-order valence-electron chi connectivity index (χ2n) is 5.08. The first-order valence-corrected chi connectivity index (χ1v) is 8.96. The molecule has 13 heavy (non-hydrogen) atoms. The van der Waals surface area contributed by atoms with Crippen molar-refractivity contribution < 1.29 is 0 Å². The van der Waals surface area contributed by atoms with Crippen molar-refractivity contribution in [3.05, 3.63) is 0 Å². The molecule has 0 amide bonds. The summed E-state index contributed by atoms with van der Waals surface area (Å²) in [5.41, 5.74) is 0. The molecule has 0 spiro atoms. The third kappa shape index (κ3) is 3.94. The SMILES string of the molecule is CC1=NCCN1CCC[Si](C)(C)C. The van der Waals surface area contributed by atoms with Gasteiger partial charge in [-0.2, -0.15) is 0 Å². The van der Waals surface area contributed by atoms with Crippen molar-refractivity contribution >= 4 is 13.9 Å². The molecular weight excluding hydrogens is 176 g/mol. The molecule has 0 N–H and O–H groups in total. The Bertz CT molecular complexity index is 194. The molecule has 0 aromatic heterocycles. The van der Waals surface area contributed by atoms with Gasteiger partial charge in [-0.25, -0.2) is 0 Å². The zero-order chi connectivity index (χ0) is 9.90. The number of aliphatic imine (C=N–C) groups is 1. The summed E-state index contributed by atoms with van der Waals surface area (Å²) in [4.78, 5) is 6.80. The van der Waals surface area contributed by atoms with Crippen LogP contribution in [0.25, 0.3) is 0 Å². The van der Waals surface area contributed by atoms with E-state index in [9.17, 15) is 0 Å². The first-order chi connectivity index (χ1) is 5.99. The average Bonchev–Trinajstić information content (AvgIpc) is 2.34. The van der Waals surface area contributed by atoms with Gasteiger partial charge in [0.15, 0.2) is 0 Å². The van der Waals surface area contributed by atoms with Gasteiger partial charge in [-0.1, -0.05) is 25.7 Å². The van der Waals surface area contributed by atoms with Crippen LogP contribution in [0.2, 0.25) is 25.7 Å². The van der Waals surface area contributed by atoms with Crippen molar-refractivity contribution in [1.82, 2.24) is 4.90 Å². The lowest BCUT2D eigenvalue weighted by atomic mass is 10.4. The fraction of sp³-hybridized carbons (Fsp3) is 0.900. The molecule has 0 fully saturated rings. The zero-order valence-electron chi connectivity index (χ0n) is 9.43. The monoisotopic (exact) mass is 198 g/mol. The van der Waals surface area contributed by atoms with E-state index in [1.807, 2.05) is 0 Å². The molecular formula is C10H22N2Si. The molecule has 76 valence electrons. The molecule has 0 aliphatic carbocycles. The van der Waals surface area contributed by atoms with E-state index in [0.29, 0.717) is 0 Å². The third-order valence-electron chi connectivity index (χ3n) is 2.52. The van der Waals surface area contributed by atoms with E-state index in [1.165, 1.54) is 24.8 Å². The van der Waals surface area contributed by atoms with Gasteiger partial charge in [0, 0.05) is 21.2 Å². The quantitative estimate of drug-likeness (QED) is 0.634. The van der Waals surface area contributed by atoms with E-state index in [1.54, 1.807) is 0 Å². The molecule has 0 bridgehead atoms. The molecule has 0 atom stereocenters. The van der Waals surface area contributed by atoms with Crippen molar-refractivity contribution in [2.75, 3.05) is 19.6 Å². The number of hydrogen-bond acceptors (Lipinski definition) is 2. The fourth-order valence-corrected chi connectivity index (χ4v) is 2.89. The first-order valence-electron chi connectivity index (χ1n) is 5.25. The predicted molar refractivity (Wildman–Crippen MR) is 62.3 cm³/mol. The van der Waals surface area contributed by atoms with Crippen LogP contribution in [0.3, 0.4) is 0 Å². The predicted octanol–water partition coefficient (Wildman–Crippen LogP) is 2.45. The molecule has 0 aromatic carbocycles. The second kappa shape index (κ2) is 4.27. The van der Waals surface area contributed by atoms with Crippen molar-refractivity contribution in [2.24, 2.45) is 4.99 Å². The lowest BCUT2D eigenvalue weighted by Gasteiger charge is -2.21. The van der Waals surface area contributed by atoms with E-state index >= 15 is 0 Å². The average molecular weight is 198 g/mol. The van der Waals surface area contributed by atoms with Crippen LogP contribution in [0.4, 0.5) is 0 Å². The van der Waals surface area contributed by atoms with Gasteiger partial charge in [-0.3, -0.25) is 4.99 Å². The van der Waals surface area contributed by atoms with Gasteiger partial charge in [-0.15, -0.1) is 0 Å². The Hall–Kier alpha value is -0.313. The van der Waals surface area contributed by atoms with E-state index < -0.39 is 8.07 Å². The summed E-state index contributed by atoms with van der Waals surface area (Å²) < 4.78 is 0. The van der Waals surface area contributed by atoms with Crippen molar-refractivity contribution in [3.63, 3.8) is 0 Å². The highest BCUT2D eigenvalue weighted by atomic mass is 28.3. The van der Waals surface area contributed by atoms with E-state index in [2.05, 4.69) is 36.5 Å². The van der Waals surface area contributed by atoms with Gasteiger partial charge in [0.2, 0.25) is 0 Å². The van der Waals surface area contributed by atoms with Crippen molar-refractivity contribution in [2.45, 2.75) is 39.0 Å². The minimum absolute atomic E-state index is 0.818. The van der Waals surface area contributed by atoms with Crippen molar-refractivity contribution in [3.8, 4) is 0 Å². The van der Waals surface area contributed by atoms with Crippen LogP contribution in [0.15, 0.2) is 4.99 Å². The van der Waals surface area contributed by atoms with Crippen LogP contribution < -0.4 is 0 Å². The Labute approximate surface area is 83.1 Å². The van der Waals surface area contributed by atoms with Gasteiger partial charge < -0.3 is 4.90 Å². The smallest absolute Gasteiger partial charge is 0.0958 e. The fourth-order valence-electron chi connectivity index (χ4n) is 1.67. The van der Waals surface area contributed by atoms with Crippen LogP contribution in [0.5, 0.6) is 0 Å². The van der Waals surface area contributed by atoms with Crippen LogP contribution in [-0.4, -0.2) is 38.4 Å². The van der Waals surface area contributed by atoms with Crippen molar-refractivity contribution in [1.29, 1.82) is 0 Å². The highest BCUT2D eigenvalue weighted by molar-refractivity contribution is 6.76. The minimum atomic E-state index is -0.818. The molecule has 0 radical (unpaired) electrons. The topological polar surface area (TPSA) is 15.6 Å². The minimum Gasteiger partial charge on any atom is -0.359 e. The summed E-state index contributed by atoms with van der Waals surface area (Å²) in [7, 11) is -0.818. The van der Waals surface area contributed by atoms with Gasteiger partial charge >= 0.3 is 0 Å². The van der Waals surface area contributed by atoms with E-state index in [0.717, 1.165) is 13.1 Å². The molecule has 3 heteroatoms. The Morgan fingerprint density at radius 1 is 1.38 bits per heavy atom. The molecule has 0 saturated heterocycles. The van der Waals surface area contributed by atoms with Crippen LogP contribution in [0.1, 0.15) is 13.3 Å². The lowest BCUT2D eigenvalue weighted by molar-refractivity contribution is 0.452. The summed E-state index contributed by atoms with van der Waals surface area (Å²) in [6, 6.07) is 1.44. The van der Waals surface area contributed by atoms with Crippen LogP contribution in [-0.2, 0) is 0 Å². The summed E-state index contributed by atoms with van der Waals surface area (Å²) in [6.07, 6.45) is 1.35. The van der Waals surface area contributed by atoms with Crippen LogP contribution in [0, 0.1) is 0 Å². The van der Waals surface area contributed by atoms with Gasteiger partial charge in [0.05, 0.1) is 12.4 Å². The Morgan fingerprint density at radius 2 is 2.08 bits per heavy atom. The highest BCUT2D eigenvalue weighted by Crippen LogP contribution is 2.12. The summed E-state index contributed by atoms with van der Waals surface area (Å²) in [5, 5.41) is 0. The molecule has 1 heterocycles. The number of rotatable bonds is 4. The normalized spacial score (nSPS) is 17.8.